The fraction of sp³-hybridized carbons (Fsp3) is 0.360. The number of amides is 1. The molecule has 1 amide bonds. The summed E-state index contributed by atoms with van der Waals surface area (Å²) < 4.78 is 0. The van der Waals surface area contributed by atoms with Gasteiger partial charge in [-0.05, 0) is 37.9 Å². The van der Waals surface area contributed by atoms with Crippen LogP contribution in [0.5, 0.6) is 0 Å². The lowest BCUT2D eigenvalue weighted by Crippen LogP contribution is -2.55. The van der Waals surface area contributed by atoms with Crippen LogP contribution >= 0.6 is 0 Å². The van der Waals surface area contributed by atoms with Crippen molar-refractivity contribution in [2.24, 2.45) is 0 Å². The smallest absolute Gasteiger partial charge is 0.326 e. The molecular weight excluding hydrogens is 376 g/mol. The molecule has 30 heavy (non-hydrogen) atoms. The maximum atomic E-state index is 13.7. The fourth-order valence-electron chi connectivity index (χ4n) is 4.11. The van der Waals surface area contributed by atoms with Crippen molar-refractivity contribution in [3.63, 3.8) is 0 Å². The topological polar surface area (TPSA) is 60.9 Å². The quantitative estimate of drug-likeness (QED) is 0.751. The Bertz CT molecular complexity index is 878. The highest BCUT2D eigenvalue weighted by atomic mass is 16.4. The molecule has 0 aromatic heterocycles. The lowest BCUT2D eigenvalue weighted by atomic mass is 9.87. The van der Waals surface area contributed by atoms with Crippen molar-refractivity contribution < 1.29 is 14.7 Å². The minimum Gasteiger partial charge on any atom is -0.480 e. The summed E-state index contributed by atoms with van der Waals surface area (Å²) in [5.41, 5.74) is 1.74. The van der Waals surface area contributed by atoms with Gasteiger partial charge in [-0.2, -0.15) is 0 Å². The van der Waals surface area contributed by atoms with Gasteiger partial charge in [-0.25, -0.2) is 4.79 Å². The van der Waals surface area contributed by atoms with Crippen molar-refractivity contribution in [1.29, 1.82) is 0 Å². The van der Waals surface area contributed by atoms with E-state index < -0.39 is 17.9 Å². The molecule has 1 N–H and O–H groups in total. The van der Waals surface area contributed by atoms with Crippen molar-refractivity contribution in [2.45, 2.75) is 37.8 Å². The maximum Gasteiger partial charge on any atom is 0.326 e. The predicted octanol–water partition coefficient (Wildman–Crippen LogP) is 3.22. The number of carboxylic acids is 1. The third-order valence-corrected chi connectivity index (χ3v) is 5.78. The number of aliphatic carboxylic acids is 1. The molecule has 2 atom stereocenters. The molecule has 3 rings (SSSR count). The van der Waals surface area contributed by atoms with Gasteiger partial charge in [0, 0.05) is 12.6 Å². The summed E-state index contributed by atoms with van der Waals surface area (Å²) in [7, 11) is 1.96. The number of likely N-dealkylation sites (tertiary alicyclic amines) is 1. The van der Waals surface area contributed by atoms with Crippen LogP contribution in [0.4, 0.5) is 0 Å². The molecule has 0 bridgehead atoms. The number of rotatable bonds is 6. The molecule has 1 saturated heterocycles. The van der Waals surface area contributed by atoms with Gasteiger partial charge in [-0.3, -0.25) is 9.69 Å². The summed E-state index contributed by atoms with van der Waals surface area (Å²) in [6.07, 6.45) is 1.13. The molecule has 1 aliphatic rings. The zero-order chi connectivity index (χ0) is 21.5. The van der Waals surface area contributed by atoms with Crippen molar-refractivity contribution in [1.82, 2.24) is 9.80 Å². The predicted molar refractivity (Wildman–Crippen MR) is 117 cm³/mol. The van der Waals surface area contributed by atoms with Crippen LogP contribution in [0.3, 0.4) is 0 Å². The second kappa shape index (κ2) is 10.1. The standard InChI is InChI=1S/C25H28N2O3/c1-3-4-16-26(2)21-15-17-27(22(18-21)25(29)30)24(28)23(19-11-7-5-8-12-19)20-13-9-6-10-14-20/h5-14,21-23H,15-18H2,1-2H3,(H,29,30)/t21-,22-/m0/s1. The summed E-state index contributed by atoms with van der Waals surface area (Å²) in [4.78, 5) is 29.4. The molecule has 1 aliphatic heterocycles. The van der Waals surface area contributed by atoms with Gasteiger partial charge in [0.1, 0.15) is 6.04 Å². The van der Waals surface area contributed by atoms with E-state index in [1.165, 1.54) is 0 Å². The van der Waals surface area contributed by atoms with E-state index in [2.05, 4.69) is 16.7 Å². The second-order valence-electron chi connectivity index (χ2n) is 7.66. The summed E-state index contributed by atoms with van der Waals surface area (Å²) in [6, 6.07) is 18.4. The molecule has 5 nitrogen and oxygen atoms in total. The van der Waals surface area contributed by atoms with E-state index in [4.69, 9.17) is 0 Å². The summed E-state index contributed by atoms with van der Waals surface area (Å²) in [6.45, 7) is 2.81. The minimum atomic E-state index is -0.956. The van der Waals surface area contributed by atoms with Crippen LogP contribution in [-0.4, -0.2) is 59.0 Å². The van der Waals surface area contributed by atoms with Crippen LogP contribution < -0.4 is 0 Å². The molecule has 5 heteroatoms. The SMILES string of the molecule is CC#CCN(C)[C@H]1CCN(C(=O)C(c2ccccc2)c2ccccc2)[C@H](C(=O)O)C1. The highest BCUT2D eigenvalue weighted by Crippen LogP contribution is 2.31. The molecule has 0 radical (unpaired) electrons. The Morgan fingerprint density at radius 3 is 2.17 bits per heavy atom. The Balaban J connectivity index is 1.88. The van der Waals surface area contributed by atoms with Gasteiger partial charge in [0.2, 0.25) is 5.91 Å². The Labute approximate surface area is 178 Å². The summed E-state index contributed by atoms with van der Waals surface area (Å²) in [5, 5.41) is 9.92. The van der Waals surface area contributed by atoms with Crippen molar-refractivity contribution in [3.05, 3.63) is 71.8 Å². The van der Waals surface area contributed by atoms with E-state index in [1.807, 2.05) is 67.7 Å². The number of hydrogen-bond acceptors (Lipinski definition) is 3. The molecule has 1 fully saturated rings. The number of hydrogen-bond donors (Lipinski definition) is 1. The first-order chi connectivity index (χ1) is 14.5. The lowest BCUT2D eigenvalue weighted by molar-refractivity contribution is -0.153. The first kappa shape index (κ1) is 21.6. The molecule has 0 aliphatic carbocycles. The molecule has 0 unspecified atom stereocenters. The number of carbonyl (C=O) groups excluding carboxylic acids is 1. The van der Waals surface area contributed by atoms with Gasteiger partial charge < -0.3 is 10.0 Å². The molecule has 2 aromatic carbocycles. The maximum absolute atomic E-state index is 13.7. The molecule has 1 heterocycles. The number of nitrogens with zero attached hydrogens (tertiary/aromatic N) is 2. The number of piperidine rings is 1. The largest absolute Gasteiger partial charge is 0.480 e. The minimum absolute atomic E-state index is 0.0860. The van der Waals surface area contributed by atoms with Gasteiger partial charge in [0.15, 0.2) is 0 Å². The average Bonchev–Trinajstić information content (AvgIpc) is 2.78. The Morgan fingerprint density at radius 2 is 1.67 bits per heavy atom. The van der Waals surface area contributed by atoms with Crippen LogP contribution in [0.1, 0.15) is 36.8 Å². The molecule has 0 saturated carbocycles. The first-order valence-electron chi connectivity index (χ1n) is 10.3. The Kier molecular flexibility index (Phi) is 7.26. The summed E-state index contributed by atoms with van der Waals surface area (Å²) in [5.74, 6) is 4.28. The number of benzene rings is 2. The lowest BCUT2D eigenvalue weighted by Gasteiger charge is -2.41. The van der Waals surface area contributed by atoms with Crippen LogP contribution in [0, 0.1) is 11.8 Å². The van der Waals surface area contributed by atoms with E-state index in [-0.39, 0.29) is 11.9 Å². The van der Waals surface area contributed by atoms with Crippen molar-refractivity contribution in [2.75, 3.05) is 20.1 Å². The van der Waals surface area contributed by atoms with Crippen molar-refractivity contribution in [3.8, 4) is 11.8 Å². The fourth-order valence-corrected chi connectivity index (χ4v) is 4.11. The number of carbonyl (C=O) groups is 2. The van der Waals surface area contributed by atoms with Gasteiger partial charge in [0.05, 0.1) is 12.5 Å². The van der Waals surface area contributed by atoms with Crippen molar-refractivity contribution >= 4 is 11.9 Å². The third kappa shape index (κ3) is 4.90. The first-order valence-corrected chi connectivity index (χ1v) is 10.3. The van der Waals surface area contributed by atoms with Gasteiger partial charge in [-0.1, -0.05) is 66.6 Å². The summed E-state index contributed by atoms with van der Waals surface area (Å²) >= 11 is 0. The van der Waals surface area contributed by atoms with Crippen LogP contribution in [0.25, 0.3) is 0 Å². The van der Waals surface area contributed by atoms with Gasteiger partial charge >= 0.3 is 5.97 Å². The van der Waals surface area contributed by atoms with Crippen LogP contribution in [0.15, 0.2) is 60.7 Å². The molecule has 0 spiro atoms. The third-order valence-electron chi connectivity index (χ3n) is 5.78. The number of carboxylic acid groups (broad SMARTS) is 1. The van der Waals surface area contributed by atoms with E-state index in [0.717, 1.165) is 17.5 Å². The highest BCUT2D eigenvalue weighted by Gasteiger charge is 2.40. The zero-order valence-corrected chi connectivity index (χ0v) is 17.5. The van der Waals surface area contributed by atoms with E-state index in [1.54, 1.807) is 11.8 Å². The molecule has 2 aromatic rings. The second-order valence-corrected chi connectivity index (χ2v) is 7.66. The van der Waals surface area contributed by atoms with Gasteiger partial charge in [0.25, 0.3) is 0 Å². The zero-order valence-electron chi connectivity index (χ0n) is 17.5. The average molecular weight is 405 g/mol. The van der Waals surface area contributed by atoms with Crippen LogP contribution in [0.2, 0.25) is 0 Å². The van der Waals surface area contributed by atoms with E-state index in [0.29, 0.717) is 19.5 Å². The Morgan fingerprint density at radius 1 is 1.10 bits per heavy atom. The normalized spacial score (nSPS) is 18.7. The highest BCUT2D eigenvalue weighted by molar-refractivity contribution is 5.91. The monoisotopic (exact) mass is 404 g/mol. The Hall–Kier alpha value is -3.10. The molecule has 156 valence electrons. The van der Waals surface area contributed by atoms with Gasteiger partial charge in [-0.15, -0.1) is 5.92 Å². The van der Waals surface area contributed by atoms with E-state index in [9.17, 15) is 14.7 Å². The molecular formula is C25H28N2O3. The van der Waals surface area contributed by atoms with Crippen LogP contribution in [-0.2, 0) is 9.59 Å². The van der Waals surface area contributed by atoms with E-state index >= 15 is 0 Å².